The van der Waals surface area contributed by atoms with Gasteiger partial charge in [-0.1, -0.05) is 6.07 Å². The molecule has 0 saturated carbocycles. The number of fused-ring (bicyclic) bond motifs is 1. The van der Waals surface area contributed by atoms with Crippen molar-refractivity contribution in [2.75, 3.05) is 27.3 Å². The number of hydrogen-bond donors (Lipinski definition) is 2. The van der Waals surface area contributed by atoms with E-state index in [4.69, 9.17) is 15.2 Å². The summed E-state index contributed by atoms with van der Waals surface area (Å²) in [4.78, 5) is 11.8. The fourth-order valence-electron chi connectivity index (χ4n) is 1.69. The monoisotopic (exact) mass is 251 g/mol. The molecule has 0 spiro atoms. The van der Waals surface area contributed by atoms with Gasteiger partial charge in [0, 0.05) is 14.1 Å². The third-order valence-electron chi connectivity index (χ3n) is 2.54. The molecule has 0 bridgehead atoms. The Hall–Kier alpha value is -1.79. The molecule has 1 aliphatic rings. The van der Waals surface area contributed by atoms with Crippen molar-refractivity contribution in [1.29, 1.82) is 0 Å². The summed E-state index contributed by atoms with van der Waals surface area (Å²) in [6.07, 6.45) is 0. The molecule has 1 aliphatic heterocycles. The standard InChI is InChI=1S/C12H17N3O3/c1-15(2)14-12(16)11(13)8-3-4-9-10(7-8)18-6-5-17-9/h3-4,7,11H,5-6,13H2,1-2H3,(H,14,16). The van der Waals surface area contributed by atoms with Gasteiger partial charge in [-0.3, -0.25) is 10.2 Å². The van der Waals surface area contributed by atoms with Crippen LogP contribution >= 0.6 is 0 Å². The lowest BCUT2D eigenvalue weighted by Gasteiger charge is -2.21. The third kappa shape index (κ3) is 2.72. The summed E-state index contributed by atoms with van der Waals surface area (Å²) in [5, 5.41) is 1.56. The summed E-state index contributed by atoms with van der Waals surface area (Å²) in [5.41, 5.74) is 9.20. The van der Waals surface area contributed by atoms with Crippen LogP contribution in [-0.2, 0) is 4.79 Å². The number of ether oxygens (including phenoxy) is 2. The van der Waals surface area contributed by atoms with E-state index < -0.39 is 6.04 Å². The van der Waals surface area contributed by atoms with Crippen molar-refractivity contribution in [2.45, 2.75) is 6.04 Å². The lowest BCUT2D eigenvalue weighted by atomic mass is 10.1. The van der Waals surface area contributed by atoms with E-state index in [1.807, 2.05) is 0 Å². The third-order valence-corrected chi connectivity index (χ3v) is 2.54. The molecule has 98 valence electrons. The maximum Gasteiger partial charge on any atom is 0.255 e. The van der Waals surface area contributed by atoms with Gasteiger partial charge in [0.1, 0.15) is 19.3 Å². The van der Waals surface area contributed by atoms with Crippen molar-refractivity contribution in [3.8, 4) is 11.5 Å². The highest BCUT2D eigenvalue weighted by Crippen LogP contribution is 2.32. The SMILES string of the molecule is CN(C)NC(=O)C(N)c1ccc2c(c1)OCCO2. The molecule has 0 aliphatic carbocycles. The Kier molecular flexibility index (Phi) is 3.69. The molecule has 0 aromatic heterocycles. The predicted octanol–water partition coefficient (Wildman–Crippen LogP) is 0.0504. The van der Waals surface area contributed by atoms with E-state index in [0.29, 0.717) is 30.3 Å². The van der Waals surface area contributed by atoms with Crippen LogP contribution in [0.3, 0.4) is 0 Å². The topological polar surface area (TPSA) is 76.8 Å². The van der Waals surface area contributed by atoms with Crippen LogP contribution in [0.2, 0.25) is 0 Å². The first-order valence-electron chi connectivity index (χ1n) is 5.71. The van der Waals surface area contributed by atoms with Gasteiger partial charge in [0.05, 0.1) is 0 Å². The number of hydrogen-bond acceptors (Lipinski definition) is 5. The first kappa shape index (κ1) is 12.7. The Morgan fingerprint density at radius 1 is 1.33 bits per heavy atom. The minimum Gasteiger partial charge on any atom is -0.486 e. The largest absolute Gasteiger partial charge is 0.486 e. The van der Waals surface area contributed by atoms with Crippen LogP contribution in [0.25, 0.3) is 0 Å². The Morgan fingerprint density at radius 2 is 2.00 bits per heavy atom. The lowest BCUT2D eigenvalue weighted by molar-refractivity contribution is -0.126. The Bertz CT molecular complexity index is 448. The molecule has 1 heterocycles. The first-order chi connectivity index (χ1) is 8.58. The molecular weight excluding hydrogens is 234 g/mol. The van der Waals surface area contributed by atoms with Crippen LogP contribution in [0, 0.1) is 0 Å². The zero-order valence-electron chi connectivity index (χ0n) is 10.5. The fourth-order valence-corrected chi connectivity index (χ4v) is 1.69. The van der Waals surface area contributed by atoms with Crippen LogP contribution in [0.5, 0.6) is 11.5 Å². The molecule has 1 unspecified atom stereocenters. The van der Waals surface area contributed by atoms with Crippen LogP contribution in [-0.4, -0.2) is 38.2 Å². The maximum atomic E-state index is 11.8. The second kappa shape index (κ2) is 5.24. The highest BCUT2D eigenvalue weighted by atomic mass is 16.6. The van der Waals surface area contributed by atoms with Crippen LogP contribution in [0.1, 0.15) is 11.6 Å². The molecule has 6 heteroatoms. The number of nitrogens with two attached hydrogens (primary N) is 1. The number of benzene rings is 1. The van der Waals surface area contributed by atoms with Gasteiger partial charge in [0.15, 0.2) is 11.5 Å². The molecule has 1 aromatic rings. The minimum atomic E-state index is -0.733. The minimum absolute atomic E-state index is 0.267. The molecule has 18 heavy (non-hydrogen) atoms. The quantitative estimate of drug-likeness (QED) is 0.742. The van der Waals surface area contributed by atoms with Gasteiger partial charge in [0.2, 0.25) is 0 Å². The second-order valence-corrected chi connectivity index (χ2v) is 4.25. The van der Waals surface area contributed by atoms with Crippen molar-refractivity contribution < 1.29 is 14.3 Å². The van der Waals surface area contributed by atoms with E-state index in [2.05, 4.69) is 5.43 Å². The first-order valence-corrected chi connectivity index (χ1v) is 5.71. The maximum absolute atomic E-state index is 11.8. The van der Waals surface area contributed by atoms with Crippen molar-refractivity contribution in [2.24, 2.45) is 5.73 Å². The Balaban J connectivity index is 2.15. The fraction of sp³-hybridized carbons (Fsp3) is 0.417. The van der Waals surface area contributed by atoms with Gasteiger partial charge in [-0.05, 0) is 17.7 Å². The predicted molar refractivity (Wildman–Crippen MR) is 66.2 cm³/mol. The normalized spacial score (nSPS) is 15.3. The molecule has 1 amide bonds. The number of hydrazine groups is 1. The van der Waals surface area contributed by atoms with Crippen LogP contribution in [0.15, 0.2) is 18.2 Å². The summed E-state index contributed by atoms with van der Waals surface area (Å²) in [6.45, 7) is 1.05. The average Bonchev–Trinajstić information content (AvgIpc) is 2.36. The van der Waals surface area contributed by atoms with E-state index in [0.717, 1.165) is 0 Å². The second-order valence-electron chi connectivity index (χ2n) is 4.25. The van der Waals surface area contributed by atoms with E-state index >= 15 is 0 Å². The Labute approximate surface area is 106 Å². The number of carbonyl (C=O) groups is 1. The average molecular weight is 251 g/mol. The van der Waals surface area contributed by atoms with Gasteiger partial charge in [-0.2, -0.15) is 0 Å². The lowest BCUT2D eigenvalue weighted by Crippen LogP contribution is -2.42. The molecule has 0 fully saturated rings. The zero-order valence-corrected chi connectivity index (χ0v) is 10.5. The smallest absolute Gasteiger partial charge is 0.255 e. The molecule has 3 N–H and O–H groups in total. The highest BCUT2D eigenvalue weighted by molar-refractivity contribution is 5.82. The molecule has 1 atom stereocenters. The molecule has 6 nitrogen and oxygen atoms in total. The summed E-state index contributed by atoms with van der Waals surface area (Å²) >= 11 is 0. The molecule has 0 saturated heterocycles. The highest BCUT2D eigenvalue weighted by Gasteiger charge is 2.19. The summed E-state index contributed by atoms with van der Waals surface area (Å²) in [7, 11) is 3.46. The van der Waals surface area contributed by atoms with E-state index in [9.17, 15) is 4.79 Å². The van der Waals surface area contributed by atoms with Gasteiger partial charge in [0.25, 0.3) is 5.91 Å². The van der Waals surface area contributed by atoms with Crippen molar-refractivity contribution in [3.63, 3.8) is 0 Å². The van der Waals surface area contributed by atoms with Crippen molar-refractivity contribution >= 4 is 5.91 Å². The van der Waals surface area contributed by atoms with Gasteiger partial charge >= 0.3 is 0 Å². The van der Waals surface area contributed by atoms with E-state index in [-0.39, 0.29) is 5.91 Å². The summed E-state index contributed by atoms with van der Waals surface area (Å²) in [6, 6.07) is 4.55. The number of nitrogens with zero attached hydrogens (tertiary/aromatic N) is 1. The number of nitrogens with one attached hydrogen (secondary N) is 1. The van der Waals surface area contributed by atoms with E-state index in [1.165, 1.54) is 0 Å². The van der Waals surface area contributed by atoms with Gasteiger partial charge in [-0.25, -0.2) is 5.01 Å². The van der Waals surface area contributed by atoms with Crippen LogP contribution < -0.4 is 20.6 Å². The number of rotatable bonds is 3. The Morgan fingerprint density at radius 3 is 2.67 bits per heavy atom. The molecule has 0 radical (unpaired) electrons. The summed E-state index contributed by atoms with van der Waals surface area (Å²) < 4.78 is 10.9. The van der Waals surface area contributed by atoms with Gasteiger partial charge in [-0.15, -0.1) is 0 Å². The van der Waals surface area contributed by atoms with Crippen LogP contribution in [0.4, 0.5) is 0 Å². The van der Waals surface area contributed by atoms with Crippen molar-refractivity contribution in [3.05, 3.63) is 23.8 Å². The van der Waals surface area contributed by atoms with Crippen molar-refractivity contribution in [1.82, 2.24) is 10.4 Å². The van der Waals surface area contributed by atoms with Gasteiger partial charge < -0.3 is 15.2 Å². The molecular formula is C12H17N3O3. The molecule has 1 aromatic carbocycles. The molecule has 2 rings (SSSR count). The zero-order chi connectivity index (χ0) is 13.1. The summed E-state index contributed by atoms with van der Waals surface area (Å²) in [5.74, 6) is 1.05. The van der Waals surface area contributed by atoms with E-state index in [1.54, 1.807) is 37.3 Å². The number of carbonyl (C=O) groups excluding carboxylic acids is 1. The number of amides is 1.